The molecular weight excluding hydrogens is 516 g/mol. The number of anilines is 2. The van der Waals surface area contributed by atoms with Crippen molar-refractivity contribution in [3.63, 3.8) is 0 Å². The molecule has 1 aliphatic rings. The van der Waals surface area contributed by atoms with Gasteiger partial charge >= 0.3 is 0 Å². The number of amides is 1. The van der Waals surface area contributed by atoms with Crippen molar-refractivity contribution in [2.45, 2.75) is 0 Å². The first kappa shape index (κ1) is 24.7. The molecule has 0 aliphatic carbocycles. The Morgan fingerprint density at radius 2 is 1.76 bits per heavy atom. The molecule has 1 saturated heterocycles. The number of hydrogen-bond acceptors (Lipinski definition) is 6. The van der Waals surface area contributed by atoms with E-state index in [1.807, 2.05) is 10.2 Å². The van der Waals surface area contributed by atoms with Gasteiger partial charge in [0.05, 0.1) is 41.2 Å². The second-order valence-corrected chi connectivity index (χ2v) is 8.43. The van der Waals surface area contributed by atoms with Gasteiger partial charge in [-0.3, -0.25) is 9.78 Å². The first-order valence-corrected chi connectivity index (χ1v) is 11.4. The summed E-state index contributed by atoms with van der Waals surface area (Å²) in [5, 5.41) is 1.79. The number of morpholine rings is 1. The summed E-state index contributed by atoms with van der Waals surface area (Å²) in [6.07, 6.45) is 1.62. The average Bonchev–Trinajstić information content (AvgIpc) is 2.91. The summed E-state index contributed by atoms with van der Waals surface area (Å²) < 4.78 is 68.5. The summed E-state index contributed by atoms with van der Waals surface area (Å²) in [6, 6.07) is 8.06. The van der Waals surface area contributed by atoms with Crippen LogP contribution in [0.4, 0.5) is 29.1 Å². The van der Waals surface area contributed by atoms with Gasteiger partial charge < -0.3 is 19.7 Å². The lowest BCUT2D eigenvalue weighted by molar-refractivity contribution is 0.102. The Morgan fingerprint density at radius 1 is 0.973 bits per heavy atom. The van der Waals surface area contributed by atoms with E-state index in [1.165, 1.54) is 18.2 Å². The first-order valence-electron chi connectivity index (χ1n) is 11.0. The highest BCUT2D eigenvalue weighted by molar-refractivity contribution is 6.30. The van der Waals surface area contributed by atoms with Gasteiger partial charge in [-0.15, -0.1) is 0 Å². The summed E-state index contributed by atoms with van der Waals surface area (Å²) in [6.45, 7) is 2.39. The zero-order valence-electron chi connectivity index (χ0n) is 18.9. The summed E-state index contributed by atoms with van der Waals surface area (Å²) in [7, 11) is 0. The zero-order chi connectivity index (χ0) is 26.1. The van der Waals surface area contributed by atoms with Crippen molar-refractivity contribution in [2.75, 3.05) is 36.5 Å². The van der Waals surface area contributed by atoms with Crippen molar-refractivity contribution in [3.05, 3.63) is 82.5 Å². The maximum atomic E-state index is 14.8. The second-order valence-electron chi connectivity index (χ2n) is 8.03. The average molecular weight is 533 g/mol. The van der Waals surface area contributed by atoms with Crippen LogP contribution in [-0.4, -0.2) is 42.2 Å². The van der Waals surface area contributed by atoms with Gasteiger partial charge in [0, 0.05) is 30.8 Å². The summed E-state index contributed by atoms with van der Waals surface area (Å²) >= 11 is 5.58. The number of nitrogens with zero attached hydrogens (tertiary/aromatic N) is 3. The Hall–Kier alpha value is -3.96. The van der Waals surface area contributed by atoms with E-state index in [9.17, 15) is 22.4 Å². The van der Waals surface area contributed by atoms with E-state index in [4.69, 9.17) is 21.1 Å². The Bertz CT molecular complexity index is 1520. The van der Waals surface area contributed by atoms with Crippen LogP contribution in [0.2, 0.25) is 5.02 Å². The number of carbonyl (C=O) groups is 1. The molecule has 2 heterocycles. The molecule has 190 valence electrons. The van der Waals surface area contributed by atoms with Gasteiger partial charge in [0.15, 0.2) is 11.6 Å². The number of halogens is 5. The van der Waals surface area contributed by atoms with E-state index >= 15 is 0 Å². The van der Waals surface area contributed by atoms with Gasteiger partial charge in [0.2, 0.25) is 11.6 Å². The number of fused-ring (bicyclic) bond motifs is 1. The number of carbonyl (C=O) groups excluding carboxylic acids is 1. The van der Waals surface area contributed by atoms with Crippen LogP contribution >= 0.6 is 11.6 Å². The zero-order valence-corrected chi connectivity index (χ0v) is 19.7. The third-order valence-electron chi connectivity index (χ3n) is 5.60. The van der Waals surface area contributed by atoms with Gasteiger partial charge in [-0.05, 0) is 30.3 Å². The van der Waals surface area contributed by atoms with E-state index in [0.717, 1.165) is 12.1 Å². The largest absolute Gasteiger partial charge is 0.451 e. The molecule has 0 atom stereocenters. The SMILES string of the molecule is O=C(Nc1cc(F)c(Oc2ccc3ncc(N4CCOCC4)nc3c2)c(F)c1F)c1ccc(Cl)c(F)c1. The van der Waals surface area contributed by atoms with Crippen LogP contribution in [-0.2, 0) is 4.74 Å². The van der Waals surface area contributed by atoms with Crippen LogP contribution in [0.5, 0.6) is 11.5 Å². The van der Waals surface area contributed by atoms with Crippen LogP contribution in [0.25, 0.3) is 11.0 Å². The van der Waals surface area contributed by atoms with E-state index in [-0.39, 0.29) is 16.3 Å². The molecule has 1 aliphatic heterocycles. The van der Waals surface area contributed by atoms with Gasteiger partial charge in [0.1, 0.15) is 17.4 Å². The van der Waals surface area contributed by atoms with E-state index in [2.05, 4.69) is 9.97 Å². The lowest BCUT2D eigenvalue weighted by atomic mass is 10.2. The Kier molecular flexibility index (Phi) is 6.81. The van der Waals surface area contributed by atoms with Crippen molar-refractivity contribution in [1.82, 2.24) is 9.97 Å². The summed E-state index contributed by atoms with van der Waals surface area (Å²) in [4.78, 5) is 23.2. The molecule has 12 heteroatoms. The van der Waals surface area contributed by atoms with Gasteiger partial charge in [0.25, 0.3) is 5.91 Å². The van der Waals surface area contributed by atoms with Gasteiger partial charge in [-0.1, -0.05) is 11.6 Å². The smallest absolute Gasteiger partial charge is 0.255 e. The predicted octanol–water partition coefficient (Wildman–Crippen LogP) is 5.72. The van der Waals surface area contributed by atoms with Crippen molar-refractivity contribution in [3.8, 4) is 11.5 Å². The van der Waals surface area contributed by atoms with Crippen LogP contribution < -0.4 is 15.0 Å². The molecule has 5 rings (SSSR count). The number of ether oxygens (including phenoxy) is 2. The molecule has 0 spiro atoms. The molecular formula is C25H17ClF4N4O3. The predicted molar refractivity (Wildman–Crippen MR) is 128 cm³/mol. The van der Waals surface area contributed by atoms with Crippen LogP contribution in [0.1, 0.15) is 10.4 Å². The lowest BCUT2D eigenvalue weighted by Gasteiger charge is -2.27. The highest BCUT2D eigenvalue weighted by Crippen LogP contribution is 2.34. The van der Waals surface area contributed by atoms with Crippen molar-refractivity contribution >= 4 is 40.0 Å². The van der Waals surface area contributed by atoms with E-state index in [1.54, 1.807) is 12.3 Å². The summed E-state index contributed by atoms with van der Waals surface area (Å²) in [5.41, 5.74) is -0.0894. The molecule has 4 aromatic rings. The topological polar surface area (TPSA) is 76.6 Å². The number of hydrogen-bond donors (Lipinski definition) is 1. The fourth-order valence-corrected chi connectivity index (χ4v) is 3.82. The standard InChI is InChI=1S/C25H17ClF4N4O3/c26-15-3-1-13(9-16(15)27)25(35)33-20-11-17(28)24(23(30)22(20)29)37-14-2-4-18-19(10-14)32-21(12-31-18)34-5-7-36-8-6-34/h1-4,9-12H,5-8H2,(H,33,35). The number of benzene rings is 3. The Balaban J connectivity index is 1.39. The third-order valence-corrected chi connectivity index (χ3v) is 5.91. The molecule has 7 nitrogen and oxygen atoms in total. The second kappa shape index (κ2) is 10.2. The quantitative estimate of drug-likeness (QED) is 0.262. The minimum Gasteiger partial charge on any atom is -0.451 e. The van der Waals surface area contributed by atoms with Gasteiger partial charge in [-0.25, -0.2) is 18.2 Å². The van der Waals surface area contributed by atoms with Crippen LogP contribution in [0.15, 0.2) is 48.7 Å². The molecule has 37 heavy (non-hydrogen) atoms. The fourth-order valence-electron chi connectivity index (χ4n) is 3.70. The molecule has 0 saturated carbocycles. The monoisotopic (exact) mass is 532 g/mol. The maximum absolute atomic E-state index is 14.8. The van der Waals surface area contributed by atoms with Crippen LogP contribution in [0.3, 0.4) is 0 Å². The minimum atomic E-state index is -1.66. The van der Waals surface area contributed by atoms with Gasteiger partial charge in [-0.2, -0.15) is 4.39 Å². The third kappa shape index (κ3) is 5.13. The fraction of sp³-hybridized carbons (Fsp3) is 0.160. The van der Waals surface area contributed by atoms with Crippen molar-refractivity contribution in [1.29, 1.82) is 0 Å². The summed E-state index contributed by atoms with van der Waals surface area (Å²) in [5.74, 6) is -6.78. The highest BCUT2D eigenvalue weighted by atomic mass is 35.5. The molecule has 0 unspecified atom stereocenters. The van der Waals surface area contributed by atoms with Crippen LogP contribution in [0, 0.1) is 23.3 Å². The van der Waals surface area contributed by atoms with E-state index in [0.29, 0.717) is 49.2 Å². The molecule has 3 aromatic carbocycles. The minimum absolute atomic E-state index is 0.00782. The first-order chi connectivity index (χ1) is 17.8. The maximum Gasteiger partial charge on any atom is 0.255 e. The molecule has 1 fully saturated rings. The normalized spacial score (nSPS) is 13.6. The molecule has 1 N–H and O–H groups in total. The molecule has 0 radical (unpaired) electrons. The number of aromatic nitrogens is 2. The lowest BCUT2D eigenvalue weighted by Crippen LogP contribution is -2.36. The van der Waals surface area contributed by atoms with Crippen molar-refractivity contribution in [2.24, 2.45) is 0 Å². The van der Waals surface area contributed by atoms with E-state index < -0.39 is 40.6 Å². The highest BCUT2D eigenvalue weighted by Gasteiger charge is 2.23. The Labute approximate surface area is 212 Å². The number of nitrogens with one attached hydrogen (secondary N) is 1. The number of rotatable bonds is 5. The Morgan fingerprint density at radius 3 is 2.51 bits per heavy atom. The molecule has 1 aromatic heterocycles. The van der Waals surface area contributed by atoms with Crippen molar-refractivity contribution < 1.29 is 31.8 Å². The molecule has 0 bridgehead atoms. The molecule has 1 amide bonds.